The summed E-state index contributed by atoms with van der Waals surface area (Å²) in [6.07, 6.45) is 9.58. The van der Waals surface area contributed by atoms with Crippen molar-refractivity contribution in [2.24, 2.45) is 0 Å². The van der Waals surface area contributed by atoms with Gasteiger partial charge in [-0.25, -0.2) is 0 Å². The average molecular weight is 777 g/mol. The van der Waals surface area contributed by atoms with Gasteiger partial charge in [-0.1, -0.05) is 48.5 Å². The van der Waals surface area contributed by atoms with Gasteiger partial charge < -0.3 is 19.6 Å². The van der Waals surface area contributed by atoms with Gasteiger partial charge in [0, 0.05) is 110 Å². The fraction of sp³-hybridized carbons (Fsp3) is 0.346. The van der Waals surface area contributed by atoms with Gasteiger partial charge >= 0.3 is 0 Å². The lowest BCUT2D eigenvalue weighted by atomic mass is 9.82. The quantitative estimate of drug-likeness (QED) is 0.106. The molecule has 0 bridgehead atoms. The Labute approximate surface area is 348 Å². The SMILES string of the molecule is CCN(CC)c1ccc(/C=C2\C/C(=C\c3ccc(N(CC)CC)cc3)C2=O)cc1.CCN(CC)c1ccc(/C=C2\C/C(=C\c3ccc(N(CC)CC)cc3)C2=O)cc1. The first-order chi connectivity index (χ1) is 28.2. The molecule has 6 heteroatoms. The van der Waals surface area contributed by atoms with Crippen LogP contribution in [0.15, 0.2) is 119 Å². The summed E-state index contributed by atoms with van der Waals surface area (Å²) in [5.41, 5.74) is 12.8. The van der Waals surface area contributed by atoms with Crippen LogP contribution in [-0.4, -0.2) is 63.9 Å². The van der Waals surface area contributed by atoms with Crippen molar-refractivity contribution in [1.82, 2.24) is 0 Å². The third-order valence-electron chi connectivity index (χ3n) is 11.4. The lowest BCUT2D eigenvalue weighted by Gasteiger charge is -2.22. The van der Waals surface area contributed by atoms with Gasteiger partial charge in [-0.05, 0) is 150 Å². The first-order valence-corrected chi connectivity index (χ1v) is 21.5. The van der Waals surface area contributed by atoms with Crippen molar-refractivity contribution in [3.63, 3.8) is 0 Å². The number of hydrogen-bond donors (Lipinski definition) is 0. The lowest BCUT2D eigenvalue weighted by molar-refractivity contribution is -0.115. The van der Waals surface area contributed by atoms with Crippen molar-refractivity contribution < 1.29 is 9.59 Å². The van der Waals surface area contributed by atoms with Crippen LogP contribution in [0, 0.1) is 0 Å². The van der Waals surface area contributed by atoms with E-state index in [1.807, 2.05) is 24.3 Å². The summed E-state index contributed by atoms with van der Waals surface area (Å²) >= 11 is 0. The molecule has 0 spiro atoms. The maximum Gasteiger partial charge on any atom is 0.185 e. The zero-order valence-electron chi connectivity index (χ0n) is 36.2. The Morgan fingerprint density at radius 1 is 0.328 bits per heavy atom. The Kier molecular flexibility index (Phi) is 15.9. The van der Waals surface area contributed by atoms with Gasteiger partial charge in [-0.2, -0.15) is 0 Å². The Morgan fingerprint density at radius 3 is 0.638 bits per heavy atom. The van der Waals surface area contributed by atoms with Crippen LogP contribution in [0.25, 0.3) is 24.3 Å². The van der Waals surface area contributed by atoms with E-state index in [0.29, 0.717) is 0 Å². The number of hydrogen-bond acceptors (Lipinski definition) is 6. The molecule has 0 amide bonds. The van der Waals surface area contributed by atoms with E-state index in [1.54, 1.807) is 0 Å². The zero-order valence-corrected chi connectivity index (χ0v) is 36.2. The van der Waals surface area contributed by atoms with E-state index in [4.69, 9.17) is 0 Å². The summed E-state index contributed by atoms with van der Waals surface area (Å²) in [5.74, 6) is 0.344. The molecule has 0 heterocycles. The van der Waals surface area contributed by atoms with Crippen LogP contribution in [0.1, 0.15) is 90.5 Å². The highest BCUT2D eigenvalue weighted by Gasteiger charge is 2.28. The second-order valence-corrected chi connectivity index (χ2v) is 14.7. The molecule has 2 aliphatic rings. The molecule has 304 valence electrons. The number of rotatable bonds is 16. The van der Waals surface area contributed by atoms with E-state index in [-0.39, 0.29) is 11.6 Å². The molecule has 0 unspecified atom stereocenters. The number of anilines is 4. The summed E-state index contributed by atoms with van der Waals surface area (Å²) < 4.78 is 0. The monoisotopic (exact) mass is 777 g/mol. The fourth-order valence-corrected chi connectivity index (χ4v) is 7.68. The van der Waals surface area contributed by atoms with E-state index in [0.717, 1.165) is 110 Å². The van der Waals surface area contributed by atoms with Gasteiger partial charge in [-0.15, -0.1) is 0 Å². The van der Waals surface area contributed by atoms with Crippen LogP contribution in [0.5, 0.6) is 0 Å². The third-order valence-corrected chi connectivity index (χ3v) is 11.4. The van der Waals surface area contributed by atoms with Crippen molar-refractivity contribution in [2.45, 2.75) is 68.2 Å². The van der Waals surface area contributed by atoms with E-state index >= 15 is 0 Å². The van der Waals surface area contributed by atoms with Crippen LogP contribution >= 0.6 is 0 Å². The van der Waals surface area contributed by atoms with Gasteiger partial charge in [0.25, 0.3) is 0 Å². The second kappa shape index (κ2) is 21.2. The number of allylic oxidation sites excluding steroid dienone is 4. The van der Waals surface area contributed by atoms with Crippen LogP contribution in [0.4, 0.5) is 22.7 Å². The summed E-state index contributed by atoms with van der Waals surface area (Å²) in [4.78, 5) is 34.4. The molecule has 0 radical (unpaired) electrons. The molecule has 6 rings (SSSR count). The first kappa shape index (κ1) is 43.5. The largest absolute Gasteiger partial charge is 0.372 e. The number of benzene rings is 4. The average Bonchev–Trinajstić information content (AvgIpc) is 3.26. The van der Waals surface area contributed by atoms with E-state index < -0.39 is 0 Å². The molecule has 6 nitrogen and oxygen atoms in total. The molecule has 0 atom stereocenters. The summed E-state index contributed by atoms with van der Waals surface area (Å²) in [5, 5.41) is 0. The predicted molar refractivity (Wildman–Crippen MR) is 251 cm³/mol. The van der Waals surface area contributed by atoms with Gasteiger partial charge in [0.15, 0.2) is 11.6 Å². The van der Waals surface area contributed by atoms with Gasteiger partial charge in [0.05, 0.1) is 0 Å². The highest BCUT2D eigenvalue weighted by Crippen LogP contribution is 2.34. The fourth-order valence-electron chi connectivity index (χ4n) is 7.68. The molecule has 4 aromatic rings. The predicted octanol–water partition coefficient (Wildman–Crippen LogP) is 11.6. The second-order valence-electron chi connectivity index (χ2n) is 14.7. The normalized spacial score (nSPS) is 16.2. The van der Waals surface area contributed by atoms with Crippen molar-refractivity contribution >= 4 is 58.6 Å². The molecule has 2 fully saturated rings. The highest BCUT2D eigenvalue weighted by molar-refractivity contribution is 6.21. The van der Waals surface area contributed by atoms with Crippen molar-refractivity contribution in [3.05, 3.63) is 142 Å². The molecular formula is C52H64N4O2. The van der Waals surface area contributed by atoms with Gasteiger partial charge in [0.2, 0.25) is 0 Å². The van der Waals surface area contributed by atoms with Gasteiger partial charge in [-0.3, -0.25) is 9.59 Å². The zero-order chi connectivity index (χ0) is 41.6. The number of carbonyl (C=O) groups is 2. The van der Waals surface area contributed by atoms with E-state index in [2.05, 4.69) is 172 Å². The van der Waals surface area contributed by atoms with Crippen LogP contribution in [0.2, 0.25) is 0 Å². The summed E-state index contributed by atoms with van der Waals surface area (Å²) in [7, 11) is 0. The standard InChI is InChI=1S/2C26H32N2O/c2*1-5-27(6-2)24-13-9-20(10-14-24)17-22-19-23(26(22)29)18-21-11-15-25(16-12-21)28(7-3)8-4/h2*9-18H,5-8,19H2,1-4H3/b2*22-17+,23-18+. The molecule has 2 saturated carbocycles. The molecular weight excluding hydrogens is 713 g/mol. The van der Waals surface area contributed by atoms with Crippen LogP contribution in [0.3, 0.4) is 0 Å². The minimum absolute atomic E-state index is 0.172. The molecule has 0 N–H and O–H groups in total. The number of Topliss-reactive ketones (excluding diaryl/α,β-unsaturated/α-hetero) is 2. The Morgan fingerprint density at radius 2 is 0.500 bits per heavy atom. The number of nitrogens with zero attached hydrogens (tertiary/aromatic N) is 4. The van der Waals surface area contributed by atoms with Crippen molar-refractivity contribution in [2.75, 3.05) is 72.0 Å². The van der Waals surface area contributed by atoms with Crippen LogP contribution < -0.4 is 19.6 Å². The minimum atomic E-state index is 0.172. The molecule has 4 aromatic carbocycles. The maximum atomic E-state index is 12.6. The number of carbonyl (C=O) groups excluding carboxylic acids is 2. The van der Waals surface area contributed by atoms with E-state index in [1.165, 1.54) is 22.7 Å². The van der Waals surface area contributed by atoms with Crippen LogP contribution in [-0.2, 0) is 9.59 Å². The van der Waals surface area contributed by atoms with E-state index in [9.17, 15) is 9.59 Å². The third kappa shape index (κ3) is 10.9. The highest BCUT2D eigenvalue weighted by atomic mass is 16.1. The maximum absolute atomic E-state index is 12.6. The minimum Gasteiger partial charge on any atom is -0.372 e. The molecule has 2 aliphatic carbocycles. The Hall–Kier alpha value is -5.62. The summed E-state index contributed by atoms with van der Waals surface area (Å²) in [6, 6.07) is 33.9. The molecule has 58 heavy (non-hydrogen) atoms. The van der Waals surface area contributed by atoms with Gasteiger partial charge in [0.1, 0.15) is 0 Å². The molecule has 0 aliphatic heterocycles. The number of ketones is 2. The smallest absolute Gasteiger partial charge is 0.185 e. The van der Waals surface area contributed by atoms with Crippen molar-refractivity contribution in [1.29, 1.82) is 0 Å². The molecule has 0 aromatic heterocycles. The topological polar surface area (TPSA) is 47.1 Å². The Bertz CT molecular complexity index is 1770. The lowest BCUT2D eigenvalue weighted by Crippen LogP contribution is -2.21. The van der Waals surface area contributed by atoms with Crippen molar-refractivity contribution in [3.8, 4) is 0 Å². The molecule has 0 saturated heterocycles. The Balaban J connectivity index is 0.000000221. The first-order valence-electron chi connectivity index (χ1n) is 21.5. The summed E-state index contributed by atoms with van der Waals surface area (Å²) in [6.45, 7) is 25.3.